The van der Waals surface area contributed by atoms with Crippen LogP contribution < -0.4 is 5.32 Å². The maximum Gasteiger partial charge on any atom is 0.407 e. The SMILES string of the molecule is Cc1cc(-c2c(-c3cccc(C#N)c3)nn3ccc(CNC(=O)OC(C)(C)C)nc23)cc(Cl)n1. The van der Waals surface area contributed by atoms with Gasteiger partial charge < -0.3 is 10.1 Å². The molecular formula is C25H23ClN6O2. The predicted molar refractivity (Wildman–Crippen MR) is 129 cm³/mol. The molecule has 1 N–H and O–H groups in total. The Hall–Kier alpha value is -3.96. The number of nitrogens with one attached hydrogen (secondary N) is 1. The lowest BCUT2D eigenvalue weighted by Crippen LogP contribution is -2.32. The maximum absolute atomic E-state index is 12.1. The lowest BCUT2D eigenvalue weighted by Gasteiger charge is -2.19. The first-order valence-electron chi connectivity index (χ1n) is 10.6. The summed E-state index contributed by atoms with van der Waals surface area (Å²) in [4.78, 5) is 21.1. The van der Waals surface area contributed by atoms with E-state index in [1.165, 1.54) is 0 Å². The Morgan fingerprint density at radius 2 is 1.97 bits per heavy atom. The molecule has 4 rings (SSSR count). The Morgan fingerprint density at radius 3 is 2.68 bits per heavy atom. The molecule has 172 valence electrons. The molecule has 8 nitrogen and oxygen atoms in total. The molecule has 0 saturated carbocycles. The number of carbonyl (C=O) groups excluding carboxylic acids is 1. The molecule has 0 aliphatic heterocycles. The number of rotatable bonds is 4. The molecule has 0 aliphatic rings. The zero-order valence-electron chi connectivity index (χ0n) is 19.3. The smallest absolute Gasteiger partial charge is 0.407 e. The third-order valence-electron chi connectivity index (χ3n) is 4.83. The Labute approximate surface area is 202 Å². The van der Waals surface area contributed by atoms with E-state index < -0.39 is 11.7 Å². The van der Waals surface area contributed by atoms with Gasteiger partial charge in [0.05, 0.1) is 29.4 Å². The van der Waals surface area contributed by atoms with Gasteiger partial charge in [0, 0.05) is 17.5 Å². The van der Waals surface area contributed by atoms with E-state index in [1.54, 1.807) is 55.7 Å². The molecule has 9 heteroatoms. The number of hydrogen-bond acceptors (Lipinski definition) is 6. The standard InChI is InChI=1S/C25H23ClN6O2/c1-15-10-18(12-20(26)29-15)21-22(17-7-5-6-16(11-17)13-27)31-32-9-8-19(30-23(21)32)14-28-24(33)34-25(2,3)4/h5-12H,14H2,1-4H3,(H,28,33). The van der Waals surface area contributed by atoms with Gasteiger partial charge >= 0.3 is 6.09 Å². The largest absolute Gasteiger partial charge is 0.444 e. The lowest BCUT2D eigenvalue weighted by atomic mass is 10.00. The maximum atomic E-state index is 12.1. The molecular weight excluding hydrogens is 452 g/mol. The van der Waals surface area contributed by atoms with Crippen LogP contribution in [0.25, 0.3) is 28.0 Å². The molecule has 0 spiro atoms. The van der Waals surface area contributed by atoms with E-state index in [9.17, 15) is 10.1 Å². The number of aryl methyl sites for hydroxylation is 1. The van der Waals surface area contributed by atoms with Crippen LogP contribution in [0.2, 0.25) is 5.15 Å². The van der Waals surface area contributed by atoms with Crippen LogP contribution in [0.3, 0.4) is 0 Å². The average Bonchev–Trinajstić information content (AvgIpc) is 3.15. The van der Waals surface area contributed by atoms with Gasteiger partial charge in [0.1, 0.15) is 16.4 Å². The molecule has 34 heavy (non-hydrogen) atoms. The molecule has 0 radical (unpaired) electrons. The number of fused-ring (bicyclic) bond motifs is 1. The highest BCUT2D eigenvalue weighted by atomic mass is 35.5. The van der Waals surface area contributed by atoms with Gasteiger partial charge in [-0.25, -0.2) is 19.3 Å². The fraction of sp³-hybridized carbons (Fsp3) is 0.240. The van der Waals surface area contributed by atoms with Crippen molar-refractivity contribution in [2.45, 2.75) is 39.8 Å². The molecule has 3 aromatic heterocycles. The highest BCUT2D eigenvalue weighted by Gasteiger charge is 2.20. The van der Waals surface area contributed by atoms with Gasteiger partial charge in [0.15, 0.2) is 5.65 Å². The van der Waals surface area contributed by atoms with Crippen molar-refractivity contribution >= 4 is 23.3 Å². The summed E-state index contributed by atoms with van der Waals surface area (Å²) in [7, 11) is 0. The van der Waals surface area contributed by atoms with Crippen LogP contribution in [0.15, 0.2) is 48.7 Å². The zero-order valence-corrected chi connectivity index (χ0v) is 20.0. The highest BCUT2D eigenvalue weighted by Crippen LogP contribution is 2.36. The van der Waals surface area contributed by atoms with Gasteiger partial charge in [0.2, 0.25) is 0 Å². The van der Waals surface area contributed by atoms with Crippen molar-refractivity contribution in [1.82, 2.24) is 24.9 Å². The van der Waals surface area contributed by atoms with Gasteiger partial charge in [-0.3, -0.25) is 0 Å². The zero-order chi connectivity index (χ0) is 24.5. The Balaban J connectivity index is 1.82. The summed E-state index contributed by atoms with van der Waals surface area (Å²) in [5.74, 6) is 0. The van der Waals surface area contributed by atoms with E-state index in [0.29, 0.717) is 27.8 Å². The van der Waals surface area contributed by atoms with Crippen LogP contribution in [0.4, 0.5) is 4.79 Å². The quantitative estimate of drug-likeness (QED) is 0.401. The van der Waals surface area contributed by atoms with E-state index in [1.807, 2.05) is 25.1 Å². The fourth-order valence-corrected chi connectivity index (χ4v) is 3.77. The van der Waals surface area contributed by atoms with Crippen molar-refractivity contribution in [1.29, 1.82) is 5.26 Å². The minimum atomic E-state index is -0.592. The second kappa shape index (κ2) is 9.12. The minimum absolute atomic E-state index is 0.186. The van der Waals surface area contributed by atoms with Crippen LogP contribution >= 0.6 is 11.6 Å². The summed E-state index contributed by atoms with van der Waals surface area (Å²) in [6.07, 6.45) is 1.26. The molecule has 3 heterocycles. The van der Waals surface area contributed by atoms with Crippen molar-refractivity contribution in [3.05, 3.63) is 70.8 Å². The molecule has 0 unspecified atom stereocenters. The first kappa shape index (κ1) is 23.2. The van der Waals surface area contributed by atoms with Crippen LogP contribution in [0, 0.1) is 18.3 Å². The Kier molecular flexibility index (Phi) is 6.22. The molecule has 0 bridgehead atoms. The number of hydrogen-bond donors (Lipinski definition) is 1. The number of nitrogens with zero attached hydrogens (tertiary/aromatic N) is 5. The van der Waals surface area contributed by atoms with Crippen LogP contribution in [-0.2, 0) is 11.3 Å². The monoisotopic (exact) mass is 474 g/mol. The molecule has 0 atom stereocenters. The number of aromatic nitrogens is 4. The number of ether oxygens (including phenoxy) is 1. The third kappa shape index (κ3) is 5.16. The van der Waals surface area contributed by atoms with Crippen molar-refractivity contribution < 1.29 is 9.53 Å². The predicted octanol–water partition coefficient (Wildman–Crippen LogP) is 5.32. The second-order valence-corrected chi connectivity index (χ2v) is 9.17. The normalized spacial score (nSPS) is 11.3. The van der Waals surface area contributed by atoms with Crippen molar-refractivity contribution in [3.8, 4) is 28.5 Å². The van der Waals surface area contributed by atoms with Gasteiger partial charge in [-0.05, 0) is 63.6 Å². The van der Waals surface area contributed by atoms with Crippen LogP contribution in [0.5, 0.6) is 0 Å². The number of carbonyl (C=O) groups is 1. The van der Waals surface area contributed by atoms with E-state index in [2.05, 4.69) is 16.4 Å². The molecule has 1 amide bonds. The van der Waals surface area contributed by atoms with Crippen molar-refractivity contribution in [2.24, 2.45) is 0 Å². The Bertz CT molecular complexity index is 1410. The first-order valence-corrected chi connectivity index (χ1v) is 11.0. The van der Waals surface area contributed by atoms with E-state index in [-0.39, 0.29) is 6.54 Å². The van der Waals surface area contributed by atoms with E-state index in [4.69, 9.17) is 26.4 Å². The van der Waals surface area contributed by atoms with Gasteiger partial charge in [0.25, 0.3) is 0 Å². The third-order valence-corrected chi connectivity index (χ3v) is 5.03. The fourth-order valence-electron chi connectivity index (χ4n) is 3.52. The second-order valence-electron chi connectivity index (χ2n) is 8.78. The van der Waals surface area contributed by atoms with Crippen LogP contribution in [-0.4, -0.2) is 31.3 Å². The number of pyridine rings is 1. The summed E-state index contributed by atoms with van der Waals surface area (Å²) >= 11 is 6.27. The summed E-state index contributed by atoms with van der Waals surface area (Å²) in [5, 5.41) is 17.2. The summed E-state index contributed by atoms with van der Waals surface area (Å²) in [6, 6.07) is 14.9. The number of alkyl carbamates (subject to hydrolysis) is 1. The summed E-state index contributed by atoms with van der Waals surface area (Å²) in [5.41, 5.74) is 4.89. The van der Waals surface area contributed by atoms with Crippen molar-refractivity contribution in [3.63, 3.8) is 0 Å². The Morgan fingerprint density at radius 1 is 1.18 bits per heavy atom. The summed E-state index contributed by atoms with van der Waals surface area (Å²) in [6.45, 7) is 7.46. The number of amides is 1. The lowest BCUT2D eigenvalue weighted by molar-refractivity contribution is 0.0523. The topological polar surface area (TPSA) is 105 Å². The van der Waals surface area contributed by atoms with E-state index in [0.717, 1.165) is 22.4 Å². The molecule has 1 aromatic carbocycles. The van der Waals surface area contributed by atoms with Gasteiger partial charge in [-0.2, -0.15) is 10.4 Å². The van der Waals surface area contributed by atoms with Crippen LogP contribution in [0.1, 0.15) is 37.7 Å². The summed E-state index contributed by atoms with van der Waals surface area (Å²) < 4.78 is 6.98. The number of benzene rings is 1. The average molecular weight is 475 g/mol. The molecule has 0 saturated heterocycles. The molecule has 0 fully saturated rings. The minimum Gasteiger partial charge on any atom is -0.444 e. The van der Waals surface area contributed by atoms with E-state index >= 15 is 0 Å². The van der Waals surface area contributed by atoms with Gasteiger partial charge in [-0.1, -0.05) is 23.7 Å². The number of nitriles is 1. The molecule has 4 aromatic rings. The molecule has 0 aliphatic carbocycles. The highest BCUT2D eigenvalue weighted by molar-refractivity contribution is 6.29. The van der Waals surface area contributed by atoms with Gasteiger partial charge in [-0.15, -0.1) is 0 Å². The number of halogens is 1. The first-order chi connectivity index (χ1) is 16.1. The van der Waals surface area contributed by atoms with Crippen molar-refractivity contribution in [2.75, 3.05) is 0 Å².